The van der Waals surface area contributed by atoms with E-state index in [1.54, 1.807) is 0 Å². The predicted molar refractivity (Wildman–Crippen MR) is 63.8 cm³/mol. The fourth-order valence-electron chi connectivity index (χ4n) is 1.05. The molecule has 5 heteroatoms. The standard InChI is InChI=1S/C10H17BrN2O2/c1-2-10(15)13-6-4-3-5-9(12)8(11)7-14/h2,7-9H,1,3-6,12H2,(H,13,15). The van der Waals surface area contributed by atoms with Gasteiger partial charge in [-0.05, 0) is 18.9 Å². The fourth-order valence-corrected chi connectivity index (χ4v) is 1.31. The predicted octanol–water partition coefficient (Wildman–Crippen LogP) is 0.749. The third kappa shape index (κ3) is 7.27. The van der Waals surface area contributed by atoms with Crippen LogP contribution in [0.25, 0.3) is 0 Å². The summed E-state index contributed by atoms with van der Waals surface area (Å²) in [5.41, 5.74) is 5.71. The van der Waals surface area contributed by atoms with Crippen LogP contribution in [0, 0.1) is 0 Å². The van der Waals surface area contributed by atoms with Gasteiger partial charge in [0, 0.05) is 12.6 Å². The lowest BCUT2D eigenvalue weighted by Gasteiger charge is -2.12. The molecule has 0 aliphatic carbocycles. The van der Waals surface area contributed by atoms with Gasteiger partial charge in [-0.2, -0.15) is 0 Å². The smallest absolute Gasteiger partial charge is 0.243 e. The minimum Gasteiger partial charge on any atom is -0.353 e. The Labute approximate surface area is 98.4 Å². The van der Waals surface area contributed by atoms with Gasteiger partial charge in [0.1, 0.15) is 6.29 Å². The van der Waals surface area contributed by atoms with Gasteiger partial charge < -0.3 is 15.8 Å². The maximum Gasteiger partial charge on any atom is 0.243 e. The molecule has 3 N–H and O–H groups in total. The minimum absolute atomic E-state index is 0.155. The topological polar surface area (TPSA) is 72.2 Å². The van der Waals surface area contributed by atoms with Crippen LogP contribution in [0.4, 0.5) is 0 Å². The number of hydrogen-bond acceptors (Lipinski definition) is 3. The number of halogens is 1. The molecule has 0 spiro atoms. The lowest BCUT2D eigenvalue weighted by Crippen LogP contribution is -2.31. The molecule has 0 saturated heterocycles. The maximum absolute atomic E-state index is 10.8. The van der Waals surface area contributed by atoms with Gasteiger partial charge in [-0.1, -0.05) is 28.9 Å². The van der Waals surface area contributed by atoms with E-state index in [0.29, 0.717) is 6.54 Å². The van der Waals surface area contributed by atoms with E-state index in [4.69, 9.17) is 5.73 Å². The average Bonchev–Trinajstić information content (AvgIpc) is 2.26. The zero-order chi connectivity index (χ0) is 11.7. The number of carbonyl (C=O) groups excluding carboxylic acids is 2. The van der Waals surface area contributed by atoms with E-state index in [-0.39, 0.29) is 16.8 Å². The number of nitrogens with two attached hydrogens (primary N) is 1. The zero-order valence-corrected chi connectivity index (χ0v) is 10.2. The third-order valence-corrected chi connectivity index (χ3v) is 2.88. The molecule has 2 atom stereocenters. The number of hydrogen-bond donors (Lipinski definition) is 2. The third-order valence-electron chi connectivity index (χ3n) is 1.99. The summed E-state index contributed by atoms with van der Waals surface area (Å²) in [6.45, 7) is 3.96. The van der Waals surface area contributed by atoms with E-state index in [0.717, 1.165) is 25.5 Å². The number of unbranched alkanes of at least 4 members (excludes halogenated alkanes) is 1. The summed E-state index contributed by atoms with van der Waals surface area (Å²) in [7, 11) is 0. The van der Waals surface area contributed by atoms with E-state index < -0.39 is 0 Å². The molecule has 0 radical (unpaired) electrons. The summed E-state index contributed by atoms with van der Waals surface area (Å²) in [4.78, 5) is 20.8. The number of carbonyl (C=O) groups is 2. The van der Waals surface area contributed by atoms with Crippen molar-refractivity contribution in [1.82, 2.24) is 5.32 Å². The number of aldehydes is 1. The Bertz CT molecular complexity index is 221. The lowest BCUT2D eigenvalue weighted by molar-refractivity contribution is -0.116. The first kappa shape index (κ1) is 14.3. The highest BCUT2D eigenvalue weighted by atomic mass is 79.9. The number of nitrogens with one attached hydrogen (secondary N) is 1. The summed E-state index contributed by atoms with van der Waals surface area (Å²) in [5, 5.41) is 2.67. The quantitative estimate of drug-likeness (QED) is 0.297. The van der Waals surface area contributed by atoms with Gasteiger partial charge in [-0.25, -0.2) is 0 Å². The number of amides is 1. The molecule has 0 aromatic heterocycles. The molecule has 0 fully saturated rings. The Kier molecular flexibility index (Phi) is 8.22. The van der Waals surface area contributed by atoms with Crippen LogP contribution < -0.4 is 11.1 Å². The van der Waals surface area contributed by atoms with E-state index in [9.17, 15) is 9.59 Å². The van der Waals surface area contributed by atoms with Crippen LogP contribution in [0.1, 0.15) is 19.3 Å². The Morgan fingerprint density at radius 3 is 2.73 bits per heavy atom. The molecule has 0 aromatic carbocycles. The zero-order valence-electron chi connectivity index (χ0n) is 8.62. The first-order valence-corrected chi connectivity index (χ1v) is 5.78. The Morgan fingerprint density at radius 2 is 2.20 bits per heavy atom. The molecular formula is C10H17BrN2O2. The molecule has 0 heterocycles. The van der Waals surface area contributed by atoms with Crippen molar-refractivity contribution in [3.05, 3.63) is 12.7 Å². The summed E-state index contributed by atoms with van der Waals surface area (Å²) in [6.07, 6.45) is 4.54. The molecule has 0 bridgehead atoms. The number of rotatable bonds is 8. The van der Waals surface area contributed by atoms with Crippen molar-refractivity contribution in [3.8, 4) is 0 Å². The van der Waals surface area contributed by atoms with Crippen molar-refractivity contribution < 1.29 is 9.59 Å². The normalized spacial score (nSPS) is 14.0. The summed E-state index contributed by atoms with van der Waals surface area (Å²) in [6, 6.07) is -0.155. The Morgan fingerprint density at radius 1 is 1.53 bits per heavy atom. The van der Waals surface area contributed by atoms with E-state index in [2.05, 4.69) is 27.8 Å². The second-order valence-electron chi connectivity index (χ2n) is 3.24. The monoisotopic (exact) mass is 276 g/mol. The van der Waals surface area contributed by atoms with Crippen molar-refractivity contribution in [2.75, 3.05) is 6.54 Å². The molecule has 0 aliphatic heterocycles. The SMILES string of the molecule is C=CC(=O)NCCCCC(N)C(Br)C=O. The van der Waals surface area contributed by atoms with Gasteiger partial charge in [0.15, 0.2) is 0 Å². The fraction of sp³-hybridized carbons (Fsp3) is 0.600. The van der Waals surface area contributed by atoms with Gasteiger partial charge in [0.25, 0.3) is 0 Å². The van der Waals surface area contributed by atoms with Crippen molar-refractivity contribution >= 4 is 28.1 Å². The van der Waals surface area contributed by atoms with Crippen LogP contribution in [-0.4, -0.2) is 29.6 Å². The summed E-state index contributed by atoms with van der Waals surface area (Å²) in [5.74, 6) is -0.162. The molecule has 0 rings (SSSR count). The van der Waals surface area contributed by atoms with E-state index in [1.807, 2.05) is 0 Å². The first-order chi connectivity index (χ1) is 7.11. The van der Waals surface area contributed by atoms with Gasteiger partial charge in [-0.15, -0.1) is 0 Å². The van der Waals surface area contributed by atoms with Gasteiger partial charge in [0.05, 0.1) is 4.83 Å². The molecule has 4 nitrogen and oxygen atoms in total. The largest absolute Gasteiger partial charge is 0.353 e. The molecule has 1 amide bonds. The van der Waals surface area contributed by atoms with Crippen LogP contribution in [-0.2, 0) is 9.59 Å². The minimum atomic E-state index is -0.278. The van der Waals surface area contributed by atoms with Crippen molar-refractivity contribution in [3.63, 3.8) is 0 Å². The molecule has 2 unspecified atom stereocenters. The van der Waals surface area contributed by atoms with E-state index in [1.165, 1.54) is 6.08 Å². The molecular weight excluding hydrogens is 260 g/mol. The Balaban J connectivity index is 3.42. The van der Waals surface area contributed by atoms with Crippen LogP contribution >= 0.6 is 15.9 Å². The van der Waals surface area contributed by atoms with Crippen molar-refractivity contribution in [2.45, 2.75) is 30.1 Å². The molecule has 0 saturated carbocycles. The van der Waals surface area contributed by atoms with Gasteiger partial charge in [0.2, 0.25) is 5.91 Å². The first-order valence-electron chi connectivity index (χ1n) is 4.87. The molecule has 0 aliphatic rings. The van der Waals surface area contributed by atoms with Crippen molar-refractivity contribution in [2.24, 2.45) is 5.73 Å². The second-order valence-corrected chi connectivity index (χ2v) is 4.29. The van der Waals surface area contributed by atoms with E-state index >= 15 is 0 Å². The second kappa shape index (κ2) is 8.61. The highest BCUT2D eigenvalue weighted by Gasteiger charge is 2.12. The highest BCUT2D eigenvalue weighted by Crippen LogP contribution is 2.07. The summed E-state index contributed by atoms with van der Waals surface area (Å²) < 4.78 is 0. The van der Waals surface area contributed by atoms with Crippen LogP contribution in [0.15, 0.2) is 12.7 Å². The lowest BCUT2D eigenvalue weighted by atomic mass is 10.1. The van der Waals surface area contributed by atoms with Gasteiger partial charge >= 0.3 is 0 Å². The summed E-state index contributed by atoms with van der Waals surface area (Å²) >= 11 is 3.17. The molecule has 86 valence electrons. The van der Waals surface area contributed by atoms with Crippen LogP contribution in [0.2, 0.25) is 0 Å². The van der Waals surface area contributed by atoms with Gasteiger partial charge in [-0.3, -0.25) is 4.79 Å². The number of alkyl halides is 1. The van der Waals surface area contributed by atoms with Crippen molar-refractivity contribution in [1.29, 1.82) is 0 Å². The Hall–Kier alpha value is -0.680. The average molecular weight is 277 g/mol. The highest BCUT2D eigenvalue weighted by molar-refractivity contribution is 9.10. The van der Waals surface area contributed by atoms with Crippen LogP contribution in [0.5, 0.6) is 0 Å². The molecule has 15 heavy (non-hydrogen) atoms. The van der Waals surface area contributed by atoms with Crippen LogP contribution in [0.3, 0.4) is 0 Å². The maximum atomic E-state index is 10.8. The molecule has 0 aromatic rings.